The molecule has 2 heterocycles. The number of hydrogen-bond acceptors (Lipinski definition) is 3. The number of hydrogen-bond donors (Lipinski definition) is 1. The number of nitrogens with one attached hydrogen (secondary N) is 1. The Morgan fingerprint density at radius 1 is 1.33 bits per heavy atom. The molecule has 3 aliphatic rings. The average Bonchev–Trinajstić information content (AvgIpc) is 3.00. The van der Waals surface area contributed by atoms with Gasteiger partial charge in [-0.15, -0.1) is 0 Å². The third kappa shape index (κ3) is 1.31. The summed E-state index contributed by atoms with van der Waals surface area (Å²) in [6, 6.07) is 0.242. The van der Waals surface area contributed by atoms with Gasteiger partial charge in [-0.05, 0) is 32.2 Å². The SMILES string of the molecule is O=C1CC2(CCCNC2)C(=O)N1C1CC1. The van der Waals surface area contributed by atoms with Crippen molar-refractivity contribution >= 4 is 11.8 Å². The Hall–Kier alpha value is -0.900. The van der Waals surface area contributed by atoms with Crippen LogP contribution < -0.4 is 5.32 Å². The maximum Gasteiger partial charge on any atom is 0.237 e. The number of nitrogens with zero attached hydrogens (tertiary/aromatic N) is 1. The minimum absolute atomic E-state index is 0.0613. The summed E-state index contributed by atoms with van der Waals surface area (Å²) in [5.41, 5.74) is -0.377. The molecule has 0 aromatic carbocycles. The Bertz CT molecular complexity index is 317. The van der Waals surface area contributed by atoms with E-state index >= 15 is 0 Å². The molecule has 0 bridgehead atoms. The van der Waals surface area contributed by atoms with Crippen molar-refractivity contribution in [1.29, 1.82) is 0 Å². The van der Waals surface area contributed by atoms with Gasteiger partial charge in [0, 0.05) is 19.0 Å². The van der Waals surface area contributed by atoms with E-state index in [4.69, 9.17) is 0 Å². The molecule has 0 aromatic rings. The first-order chi connectivity index (χ1) is 7.23. The van der Waals surface area contributed by atoms with Crippen LogP contribution in [0.2, 0.25) is 0 Å². The zero-order valence-electron chi connectivity index (χ0n) is 8.79. The Labute approximate surface area is 89.0 Å². The molecule has 15 heavy (non-hydrogen) atoms. The Morgan fingerprint density at radius 2 is 2.13 bits per heavy atom. The molecular weight excluding hydrogens is 192 g/mol. The van der Waals surface area contributed by atoms with E-state index in [0.717, 1.165) is 32.2 Å². The predicted molar refractivity (Wildman–Crippen MR) is 54.0 cm³/mol. The van der Waals surface area contributed by atoms with Crippen LogP contribution in [0.4, 0.5) is 0 Å². The number of rotatable bonds is 1. The van der Waals surface area contributed by atoms with Crippen molar-refractivity contribution < 1.29 is 9.59 Å². The molecule has 1 aliphatic carbocycles. The highest BCUT2D eigenvalue weighted by molar-refractivity contribution is 6.06. The lowest BCUT2D eigenvalue weighted by atomic mass is 9.79. The lowest BCUT2D eigenvalue weighted by Crippen LogP contribution is -2.46. The summed E-state index contributed by atoms with van der Waals surface area (Å²) in [5.74, 6) is 0.161. The second-order valence-corrected chi connectivity index (χ2v) is 5.04. The molecule has 1 spiro atoms. The molecule has 4 heteroatoms. The number of amides is 2. The van der Waals surface area contributed by atoms with Crippen molar-refractivity contribution in [2.45, 2.75) is 38.1 Å². The zero-order valence-corrected chi connectivity index (χ0v) is 8.79. The Kier molecular flexibility index (Phi) is 1.89. The maximum atomic E-state index is 12.2. The molecular formula is C11H16N2O2. The Balaban J connectivity index is 1.86. The van der Waals surface area contributed by atoms with Gasteiger partial charge in [0.05, 0.1) is 5.41 Å². The van der Waals surface area contributed by atoms with Crippen molar-refractivity contribution in [3.63, 3.8) is 0 Å². The monoisotopic (exact) mass is 208 g/mol. The first kappa shape index (κ1) is 9.33. The van der Waals surface area contributed by atoms with E-state index in [-0.39, 0.29) is 23.3 Å². The largest absolute Gasteiger partial charge is 0.316 e. The summed E-state index contributed by atoms with van der Waals surface area (Å²) >= 11 is 0. The van der Waals surface area contributed by atoms with Crippen LogP contribution in [0.1, 0.15) is 32.1 Å². The van der Waals surface area contributed by atoms with E-state index in [2.05, 4.69) is 5.32 Å². The van der Waals surface area contributed by atoms with Gasteiger partial charge >= 0.3 is 0 Å². The van der Waals surface area contributed by atoms with E-state index in [0.29, 0.717) is 13.0 Å². The molecule has 82 valence electrons. The van der Waals surface area contributed by atoms with E-state index in [1.807, 2.05) is 0 Å². The standard InChI is InChI=1S/C11H16N2O2/c14-9-6-11(4-1-5-12-7-11)10(15)13(9)8-2-3-8/h8,12H,1-7H2. The van der Waals surface area contributed by atoms with Gasteiger partial charge in [-0.25, -0.2) is 0 Å². The van der Waals surface area contributed by atoms with Gasteiger partial charge in [-0.3, -0.25) is 14.5 Å². The first-order valence-electron chi connectivity index (χ1n) is 5.80. The van der Waals surface area contributed by atoms with Gasteiger partial charge in [-0.2, -0.15) is 0 Å². The van der Waals surface area contributed by atoms with Crippen LogP contribution in [-0.4, -0.2) is 35.8 Å². The fourth-order valence-electron chi connectivity index (χ4n) is 2.82. The van der Waals surface area contributed by atoms with Gasteiger partial charge in [0.2, 0.25) is 11.8 Å². The first-order valence-corrected chi connectivity index (χ1v) is 5.80. The van der Waals surface area contributed by atoms with Gasteiger partial charge in [-0.1, -0.05) is 0 Å². The van der Waals surface area contributed by atoms with Crippen molar-refractivity contribution in [2.75, 3.05) is 13.1 Å². The van der Waals surface area contributed by atoms with Gasteiger partial charge in [0.25, 0.3) is 0 Å². The fourth-order valence-corrected chi connectivity index (χ4v) is 2.82. The second kappa shape index (κ2) is 3.04. The second-order valence-electron chi connectivity index (χ2n) is 5.04. The molecule has 2 saturated heterocycles. The van der Waals surface area contributed by atoms with Gasteiger partial charge in [0.15, 0.2) is 0 Å². The van der Waals surface area contributed by atoms with Crippen LogP contribution in [0.3, 0.4) is 0 Å². The zero-order chi connectivity index (χ0) is 10.5. The molecule has 3 fully saturated rings. The van der Waals surface area contributed by atoms with E-state index < -0.39 is 0 Å². The molecule has 2 aliphatic heterocycles. The third-order valence-corrected chi connectivity index (χ3v) is 3.82. The molecule has 1 saturated carbocycles. The number of carbonyl (C=O) groups excluding carboxylic acids is 2. The summed E-state index contributed by atoms with van der Waals surface area (Å²) in [7, 11) is 0. The van der Waals surface area contributed by atoms with Crippen molar-refractivity contribution in [1.82, 2.24) is 10.2 Å². The smallest absolute Gasteiger partial charge is 0.237 e. The summed E-state index contributed by atoms with van der Waals surface area (Å²) < 4.78 is 0. The van der Waals surface area contributed by atoms with Gasteiger partial charge in [0.1, 0.15) is 0 Å². The van der Waals surface area contributed by atoms with Crippen LogP contribution in [0.5, 0.6) is 0 Å². The number of imide groups is 1. The molecule has 3 rings (SSSR count). The molecule has 2 amide bonds. The van der Waals surface area contributed by atoms with Crippen molar-refractivity contribution in [3.05, 3.63) is 0 Å². The summed E-state index contributed by atoms with van der Waals surface area (Å²) in [5, 5.41) is 3.25. The highest BCUT2D eigenvalue weighted by atomic mass is 16.2. The van der Waals surface area contributed by atoms with E-state index in [1.54, 1.807) is 4.90 Å². The molecule has 1 unspecified atom stereocenters. The number of piperidine rings is 1. The summed E-state index contributed by atoms with van der Waals surface area (Å²) in [6.45, 7) is 1.67. The number of carbonyl (C=O) groups is 2. The molecule has 0 aromatic heterocycles. The highest BCUT2D eigenvalue weighted by Crippen LogP contribution is 2.43. The van der Waals surface area contributed by atoms with Gasteiger partial charge < -0.3 is 5.32 Å². The molecule has 0 radical (unpaired) electrons. The Morgan fingerprint density at radius 3 is 2.73 bits per heavy atom. The van der Waals surface area contributed by atoms with E-state index in [9.17, 15) is 9.59 Å². The minimum atomic E-state index is -0.377. The lowest BCUT2D eigenvalue weighted by molar-refractivity contribution is -0.142. The van der Waals surface area contributed by atoms with E-state index in [1.165, 1.54) is 0 Å². The fraction of sp³-hybridized carbons (Fsp3) is 0.818. The summed E-state index contributed by atoms with van der Waals surface area (Å²) in [6.07, 6.45) is 4.36. The topological polar surface area (TPSA) is 49.4 Å². The predicted octanol–water partition coefficient (Wildman–Crippen LogP) is 0.277. The number of likely N-dealkylation sites (tertiary alicyclic amines) is 1. The molecule has 4 nitrogen and oxygen atoms in total. The van der Waals surface area contributed by atoms with Crippen LogP contribution in [0.15, 0.2) is 0 Å². The highest BCUT2D eigenvalue weighted by Gasteiger charge is 2.55. The molecule has 1 atom stereocenters. The average molecular weight is 208 g/mol. The quantitative estimate of drug-likeness (QED) is 0.630. The minimum Gasteiger partial charge on any atom is -0.316 e. The third-order valence-electron chi connectivity index (χ3n) is 3.82. The van der Waals surface area contributed by atoms with Crippen LogP contribution >= 0.6 is 0 Å². The molecule has 1 N–H and O–H groups in total. The van der Waals surface area contributed by atoms with Crippen LogP contribution in [0, 0.1) is 5.41 Å². The van der Waals surface area contributed by atoms with Crippen LogP contribution in [0.25, 0.3) is 0 Å². The van der Waals surface area contributed by atoms with Crippen molar-refractivity contribution in [3.8, 4) is 0 Å². The lowest BCUT2D eigenvalue weighted by Gasteiger charge is -2.31. The summed E-state index contributed by atoms with van der Waals surface area (Å²) in [4.78, 5) is 25.6. The maximum absolute atomic E-state index is 12.2. The van der Waals surface area contributed by atoms with Crippen LogP contribution in [-0.2, 0) is 9.59 Å². The normalized spacial score (nSPS) is 36.7. The van der Waals surface area contributed by atoms with Crippen molar-refractivity contribution in [2.24, 2.45) is 5.41 Å².